The SMILES string of the molecule is C#C[C@@]1(C(C)C)CC(=O)N(Cc2ccc(C(=O)NCc3ccc(F)cc3)cc2)C(N)=N1. The molecule has 6 nitrogen and oxygen atoms in total. The van der Waals surface area contributed by atoms with Gasteiger partial charge in [-0.05, 0) is 41.3 Å². The summed E-state index contributed by atoms with van der Waals surface area (Å²) in [5.74, 6) is 1.96. The molecule has 0 radical (unpaired) electrons. The fourth-order valence-corrected chi connectivity index (χ4v) is 3.34. The van der Waals surface area contributed by atoms with Crippen molar-refractivity contribution in [3.05, 3.63) is 71.0 Å². The molecule has 1 atom stereocenters. The largest absolute Gasteiger partial charge is 0.369 e. The number of hydrogen-bond donors (Lipinski definition) is 2. The highest BCUT2D eigenvalue weighted by molar-refractivity contribution is 5.99. The Hall–Kier alpha value is -3.66. The Morgan fingerprint density at radius 3 is 2.39 bits per heavy atom. The van der Waals surface area contributed by atoms with E-state index >= 15 is 0 Å². The first-order valence-corrected chi connectivity index (χ1v) is 9.99. The van der Waals surface area contributed by atoms with Crippen LogP contribution in [0.1, 0.15) is 41.8 Å². The van der Waals surface area contributed by atoms with Gasteiger partial charge >= 0.3 is 0 Å². The number of terminal acetylenes is 1. The molecule has 0 saturated carbocycles. The van der Waals surface area contributed by atoms with Crippen LogP contribution in [0.25, 0.3) is 0 Å². The van der Waals surface area contributed by atoms with Crippen molar-refractivity contribution in [1.29, 1.82) is 0 Å². The Morgan fingerprint density at radius 1 is 1.23 bits per heavy atom. The maximum absolute atomic E-state index is 13.0. The van der Waals surface area contributed by atoms with Crippen LogP contribution in [-0.2, 0) is 17.9 Å². The van der Waals surface area contributed by atoms with Crippen molar-refractivity contribution in [3.8, 4) is 12.3 Å². The molecule has 0 unspecified atom stereocenters. The summed E-state index contributed by atoms with van der Waals surface area (Å²) >= 11 is 0. The first kappa shape index (κ1) is 22.0. The van der Waals surface area contributed by atoms with Crippen LogP contribution in [0.15, 0.2) is 53.5 Å². The molecule has 3 rings (SSSR count). The third kappa shape index (κ3) is 4.92. The summed E-state index contributed by atoms with van der Waals surface area (Å²) in [5.41, 5.74) is 7.23. The average Bonchev–Trinajstić information content (AvgIpc) is 2.75. The highest BCUT2D eigenvalue weighted by Crippen LogP contribution is 2.30. The zero-order valence-corrected chi connectivity index (χ0v) is 17.6. The second kappa shape index (κ2) is 9.00. The summed E-state index contributed by atoms with van der Waals surface area (Å²) in [6.07, 6.45) is 5.74. The van der Waals surface area contributed by atoms with E-state index in [0.717, 1.165) is 11.1 Å². The topological polar surface area (TPSA) is 87.8 Å². The maximum Gasteiger partial charge on any atom is 0.251 e. The van der Waals surface area contributed by atoms with E-state index in [9.17, 15) is 14.0 Å². The molecule has 3 N–H and O–H groups in total. The second-order valence-electron chi connectivity index (χ2n) is 7.86. The van der Waals surface area contributed by atoms with Crippen molar-refractivity contribution in [2.75, 3.05) is 0 Å². The number of nitrogens with zero attached hydrogens (tertiary/aromatic N) is 2. The van der Waals surface area contributed by atoms with E-state index in [4.69, 9.17) is 12.2 Å². The van der Waals surface area contributed by atoms with Gasteiger partial charge in [-0.3, -0.25) is 14.5 Å². The van der Waals surface area contributed by atoms with E-state index in [0.29, 0.717) is 12.1 Å². The van der Waals surface area contributed by atoms with Gasteiger partial charge in [0.2, 0.25) is 5.91 Å². The molecule has 160 valence electrons. The molecule has 7 heteroatoms. The fraction of sp³-hybridized carbons (Fsp3) is 0.292. The first-order valence-electron chi connectivity index (χ1n) is 9.99. The van der Waals surface area contributed by atoms with E-state index in [2.05, 4.69) is 16.2 Å². The summed E-state index contributed by atoms with van der Waals surface area (Å²) in [4.78, 5) is 30.9. The Balaban J connectivity index is 1.64. The van der Waals surface area contributed by atoms with Gasteiger partial charge in [-0.1, -0.05) is 44.0 Å². The number of carbonyl (C=O) groups is 2. The van der Waals surface area contributed by atoms with Crippen LogP contribution in [0.2, 0.25) is 0 Å². The second-order valence-corrected chi connectivity index (χ2v) is 7.86. The van der Waals surface area contributed by atoms with Crippen LogP contribution in [0.4, 0.5) is 4.39 Å². The minimum absolute atomic E-state index is 0.0187. The minimum Gasteiger partial charge on any atom is -0.369 e. The molecule has 2 amide bonds. The molecule has 2 aromatic rings. The van der Waals surface area contributed by atoms with Gasteiger partial charge in [0.25, 0.3) is 5.91 Å². The Bertz CT molecular complexity index is 1040. The Labute approximate surface area is 181 Å². The van der Waals surface area contributed by atoms with Gasteiger partial charge in [-0.15, -0.1) is 6.42 Å². The summed E-state index contributed by atoms with van der Waals surface area (Å²) in [6.45, 7) is 4.37. The minimum atomic E-state index is -0.913. The van der Waals surface area contributed by atoms with Crippen LogP contribution < -0.4 is 11.1 Å². The van der Waals surface area contributed by atoms with Gasteiger partial charge in [0.05, 0.1) is 13.0 Å². The van der Waals surface area contributed by atoms with Gasteiger partial charge in [0.15, 0.2) is 5.96 Å². The number of hydrogen-bond acceptors (Lipinski definition) is 4. The van der Waals surface area contributed by atoms with E-state index in [1.807, 2.05) is 13.8 Å². The van der Waals surface area contributed by atoms with Crippen LogP contribution in [0.3, 0.4) is 0 Å². The molecular weight excluding hydrogens is 395 g/mol. The number of nitrogens with one attached hydrogen (secondary N) is 1. The molecule has 0 spiro atoms. The fourth-order valence-electron chi connectivity index (χ4n) is 3.34. The summed E-state index contributed by atoms with van der Waals surface area (Å²) in [6, 6.07) is 12.8. The summed E-state index contributed by atoms with van der Waals surface area (Å²) in [5, 5.41) is 2.79. The lowest BCUT2D eigenvalue weighted by molar-refractivity contribution is -0.129. The molecule has 1 aliphatic rings. The maximum atomic E-state index is 13.0. The molecule has 0 aromatic heterocycles. The van der Waals surface area contributed by atoms with Crippen molar-refractivity contribution in [2.24, 2.45) is 16.6 Å². The molecule has 0 bridgehead atoms. The molecule has 1 heterocycles. The molecule has 1 aliphatic heterocycles. The van der Waals surface area contributed by atoms with Crippen molar-refractivity contribution >= 4 is 17.8 Å². The summed E-state index contributed by atoms with van der Waals surface area (Å²) < 4.78 is 13.0. The molecule has 0 fully saturated rings. The van der Waals surface area contributed by atoms with Crippen molar-refractivity contribution in [1.82, 2.24) is 10.2 Å². The molecule has 0 saturated heterocycles. The van der Waals surface area contributed by atoms with E-state index in [1.54, 1.807) is 36.4 Å². The molecule has 31 heavy (non-hydrogen) atoms. The lowest BCUT2D eigenvalue weighted by Gasteiger charge is -2.36. The predicted octanol–water partition coefficient (Wildman–Crippen LogP) is 2.83. The Morgan fingerprint density at radius 2 is 1.84 bits per heavy atom. The number of aliphatic imine (C=N–C) groups is 1. The number of nitrogens with two attached hydrogens (primary N) is 1. The van der Waals surface area contributed by atoms with Crippen molar-refractivity contribution < 1.29 is 14.0 Å². The van der Waals surface area contributed by atoms with Gasteiger partial charge in [0, 0.05) is 12.1 Å². The third-order valence-corrected chi connectivity index (χ3v) is 5.44. The number of halogens is 1. The number of rotatable bonds is 6. The average molecular weight is 420 g/mol. The third-order valence-electron chi connectivity index (χ3n) is 5.44. The van der Waals surface area contributed by atoms with Crippen LogP contribution in [0, 0.1) is 24.1 Å². The van der Waals surface area contributed by atoms with Crippen LogP contribution in [-0.4, -0.2) is 28.2 Å². The highest BCUT2D eigenvalue weighted by atomic mass is 19.1. The molecular formula is C24H25FN4O2. The van der Waals surface area contributed by atoms with E-state index < -0.39 is 5.54 Å². The van der Waals surface area contributed by atoms with E-state index in [1.165, 1.54) is 17.0 Å². The Kier molecular flexibility index (Phi) is 6.40. The van der Waals surface area contributed by atoms with Gasteiger partial charge in [-0.2, -0.15) is 0 Å². The smallest absolute Gasteiger partial charge is 0.251 e. The molecule has 2 aromatic carbocycles. The normalized spacial score (nSPS) is 18.5. The number of amides is 2. The summed E-state index contributed by atoms with van der Waals surface area (Å²) in [7, 11) is 0. The zero-order chi connectivity index (χ0) is 22.6. The van der Waals surface area contributed by atoms with Crippen molar-refractivity contribution in [3.63, 3.8) is 0 Å². The van der Waals surface area contributed by atoms with Gasteiger partial charge in [0.1, 0.15) is 11.4 Å². The van der Waals surface area contributed by atoms with Gasteiger partial charge < -0.3 is 11.1 Å². The van der Waals surface area contributed by atoms with E-state index in [-0.39, 0.29) is 42.5 Å². The standard InChI is InChI=1S/C24H25FN4O2/c1-4-24(16(2)3)13-21(30)29(23(26)28-24)15-18-5-9-19(10-6-18)22(31)27-14-17-7-11-20(25)12-8-17/h1,5-12,16H,13-15H2,2-3H3,(H2,26,28)(H,27,31)/t24-/m0/s1. The monoisotopic (exact) mass is 420 g/mol. The number of guanidine groups is 1. The van der Waals surface area contributed by atoms with Crippen LogP contribution >= 0.6 is 0 Å². The van der Waals surface area contributed by atoms with Crippen molar-refractivity contribution in [2.45, 2.75) is 38.9 Å². The quantitative estimate of drug-likeness (QED) is 0.705. The first-order chi connectivity index (χ1) is 14.7. The van der Waals surface area contributed by atoms with Gasteiger partial charge in [-0.25, -0.2) is 9.38 Å². The predicted molar refractivity (Wildman–Crippen MR) is 117 cm³/mol. The highest BCUT2D eigenvalue weighted by Gasteiger charge is 2.40. The molecule has 0 aliphatic carbocycles. The number of carbonyl (C=O) groups excluding carboxylic acids is 2. The lowest BCUT2D eigenvalue weighted by Crippen LogP contribution is -2.52. The number of benzene rings is 2. The zero-order valence-electron chi connectivity index (χ0n) is 17.6. The van der Waals surface area contributed by atoms with Crippen LogP contribution in [0.5, 0.6) is 0 Å². The lowest BCUT2D eigenvalue weighted by atomic mass is 9.83.